The van der Waals surface area contributed by atoms with Crippen LogP contribution in [-0.2, 0) is 20.9 Å². The maximum absolute atomic E-state index is 11.1. The van der Waals surface area contributed by atoms with Gasteiger partial charge >= 0.3 is 11.9 Å². The summed E-state index contributed by atoms with van der Waals surface area (Å²) in [6.45, 7) is -0.118. The Morgan fingerprint density at radius 3 is 2.79 bits per heavy atom. The van der Waals surface area contributed by atoms with Crippen molar-refractivity contribution in [2.24, 2.45) is 0 Å². The average molecular weight is 259 g/mol. The Balaban J connectivity index is 2.47. The fraction of sp³-hybridized carbons (Fsp3) is 0.143. The zero-order chi connectivity index (χ0) is 13.8. The van der Waals surface area contributed by atoms with Gasteiger partial charge in [0.05, 0.1) is 7.11 Å². The number of benzene rings is 1. The standard InChI is InChI=1S/C14H13NO4/c1-19-14(18)7-6-10-8-15(9-13(16)17)12-5-3-2-4-11(10)12/h2-8H,9H2,1H3,(H,16,17). The van der Waals surface area contributed by atoms with Crippen molar-refractivity contribution in [3.8, 4) is 0 Å². The lowest BCUT2D eigenvalue weighted by Crippen LogP contribution is -2.07. The molecule has 5 nitrogen and oxygen atoms in total. The van der Waals surface area contributed by atoms with E-state index in [0.29, 0.717) is 0 Å². The van der Waals surface area contributed by atoms with E-state index < -0.39 is 11.9 Å². The monoisotopic (exact) mass is 259 g/mol. The summed E-state index contributed by atoms with van der Waals surface area (Å²) >= 11 is 0. The molecule has 5 heteroatoms. The van der Waals surface area contributed by atoms with E-state index in [1.807, 2.05) is 24.3 Å². The Labute approximate surface area is 109 Å². The number of carboxylic acid groups (broad SMARTS) is 1. The first-order valence-corrected chi connectivity index (χ1v) is 5.67. The molecule has 1 aromatic carbocycles. The van der Waals surface area contributed by atoms with Crippen LogP contribution >= 0.6 is 0 Å². The van der Waals surface area contributed by atoms with Crippen LogP contribution in [0.1, 0.15) is 5.56 Å². The number of fused-ring (bicyclic) bond motifs is 1. The molecular weight excluding hydrogens is 246 g/mol. The molecule has 0 saturated heterocycles. The van der Waals surface area contributed by atoms with Gasteiger partial charge in [0.15, 0.2) is 0 Å². The van der Waals surface area contributed by atoms with Crippen molar-refractivity contribution in [2.45, 2.75) is 6.54 Å². The van der Waals surface area contributed by atoms with Gasteiger partial charge in [-0.1, -0.05) is 18.2 Å². The maximum atomic E-state index is 11.1. The summed E-state index contributed by atoms with van der Waals surface area (Å²) in [5.41, 5.74) is 1.59. The van der Waals surface area contributed by atoms with Gasteiger partial charge in [-0.15, -0.1) is 0 Å². The van der Waals surface area contributed by atoms with Crippen LogP contribution in [0.2, 0.25) is 0 Å². The van der Waals surface area contributed by atoms with E-state index in [9.17, 15) is 9.59 Å². The first kappa shape index (κ1) is 12.9. The summed E-state index contributed by atoms with van der Waals surface area (Å²) in [5.74, 6) is -1.36. The Hall–Kier alpha value is -2.56. The summed E-state index contributed by atoms with van der Waals surface area (Å²) in [5, 5.41) is 9.77. The number of aliphatic carboxylic acids is 1. The quantitative estimate of drug-likeness (QED) is 0.672. The molecule has 1 aromatic heterocycles. The predicted octanol–water partition coefficient (Wildman–Crippen LogP) is 1.91. The summed E-state index contributed by atoms with van der Waals surface area (Å²) in [6, 6.07) is 7.43. The smallest absolute Gasteiger partial charge is 0.330 e. The molecule has 1 N–H and O–H groups in total. The number of carbonyl (C=O) groups is 2. The number of carboxylic acids is 1. The molecule has 0 aliphatic heterocycles. The molecule has 19 heavy (non-hydrogen) atoms. The number of nitrogens with zero attached hydrogens (tertiary/aromatic N) is 1. The molecule has 0 amide bonds. The molecule has 0 aliphatic carbocycles. The van der Waals surface area contributed by atoms with Crippen LogP contribution in [0.15, 0.2) is 36.5 Å². The molecule has 0 saturated carbocycles. The first-order valence-electron chi connectivity index (χ1n) is 5.67. The molecule has 2 aromatic rings. The lowest BCUT2D eigenvalue weighted by molar-refractivity contribution is -0.137. The molecular formula is C14H13NO4. The minimum absolute atomic E-state index is 0.118. The van der Waals surface area contributed by atoms with Crippen LogP contribution in [-0.4, -0.2) is 28.7 Å². The second kappa shape index (κ2) is 5.39. The molecule has 0 unspecified atom stereocenters. The molecule has 0 spiro atoms. The van der Waals surface area contributed by atoms with Gasteiger partial charge in [0, 0.05) is 28.7 Å². The minimum Gasteiger partial charge on any atom is -0.480 e. The molecule has 0 atom stereocenters. The van der Waals surface area contributed by atoms with Crippen LogP contribution in [0.25, 0.3) is 17.0 Å². The number of methoxy groups -OCH3 is 1. The molecule has 0 fully saturated rings. The van der Waals surface area contributed by atoms with Gasteiger partial charge in [-0.2, -0.15) is 0 Å². The zero-order valence-electron chi connectivity index (χ0n) is 10.4. The second-order valence-electron chi connectivity index (χ2n) is 3.98. The van der Waals surface area contributed by atoms with E-state index >= 15 is 0 Å². The molecule has 0 aliphatic rings. The lowest BCUT2D eigenvalue weighted by Gasteiger charge is -1.99. The van der Waals surface area contributed by atoms with Gasteiger partial charge in [-0.3, -0.25) is 4.79 Å². The molecule has 0 bridgehead atoms. The number of aromatic nitrogens is 1. The lowest BCUT2D eigenvalue weighted by atomic mass is 10.1. The summed E-state index contributed by atoms with van der Waals surface area (Å²) < 4.78 is 6.16. The summed E-state index contributed by atoms with van der Waals surface area (Å²) in [6.07, 6.45) is 4.64. The summed E-state index contributed by atoms with van der Waals surface area (Å²) in [7, 11) is 1.31. The van der Waals surface area contributed by atoms with E-state index in [4.69, 9.17) is 5.11 Å². The van der Waals surface area contributed by atoms with Gasteiger partial charge in [0.1, 0.15) is 6.54 Å². The maximum Gasteiger partial charge on any atom is 0.330 e. The highest BCUT2D eigenvalue weighted by Crippen LogP contribution is 2.22. The van der Waals surface area contributed by atoms with Gasteiger partial charge in [-0.25, -0.2) is 4.79 Å². The number of hydrogen-bond acceptors (Lipinski definition) is 3. The van der Waals surface area contributed by atoms with Gasteiger partial charge in [-0.05, 0) is 12.1 Å². The number of para-hydroxylation sites is 1. The van der Waals surface area contributed by atoms with Crippen LogP contribution in [0, 0.1) is 0 Å². The van der Waals surface area contributed by atoms with Crippen LogP contribution < -0.4 is 0 Å². The van der Waals surface area contributed by atoms with Crippen molar-refractivity contribution in [3.63, 3.8) is 0 Å². The third-order valence-electron chi connectivity index (χ3n) is 2.73. The van der Waals surface area contributed by atoms with E-state index in [2.05, 4.69) is 4.74 Å². The largest absolute Gasteiger partial charge is 0.480 e. The second-order valence-corrected chi connectivity index (χ2v) is 3.98. The minimum atomic E-state index is -0.913. The van der Waals surface area contributed by atoms with Crippen LogP contribution in [0.4, 0.5) is 0 Å². The normalized spacial score (nSPS) is 11.0. The summed E-state index contributed by atoms with van der Waals surface area (Å²) in [4.78, 5) is 21.9. The highest BCUT2D eigenvalue weighted by atomic mass is 16.5. The molecule has 0 radical (unpaired) electrons. The Kier molecular flexibility index (Phi) is 3.66. The Morgan fingerprint density at radius 1 is 1.37 bits per heavy atom. The van der Waals surface area contributed by atoms with Crippen molar-refractivity contribution < 1.29 is 19.4 Å². The van der Waals surface area contributed by atoms with Crippen molar-refractivity contribution in [2.75, 3.05) is 7.11 Å². The van der Waals surface area contributed by atoms with E-state index in [1.54, 1.807) is 16.8 Å². The van der Waals surface area contributed by atoms with E-state index in [1.165, 1.54) is 13.2 Å². The molecule has 1 heterocycles. The zero-order valence-corrected chi connectivity index (χ0v) is 10.4. The van der Waals surface area contributed by atoms with Crippen LogP contribution in [0.3, 0.4) is 0 Å². The highest BCUT2D eigenvalue weighted by molar-refractivity contribution is 5.94. The first-order chi connectivity index (χ1) is 9.11. The topological polar surface area (TPSA) is 68.5 Å². The fourth-order valence-corrected chi connectivity index (χ4v) is 1.91. The number of hydrogen-bond donors (Lipinski definition) is 1. The van der Waals surface area contributed by atoms with Crippen molar-refractivity contribution in [3.05, 3.63) is 42.1 Å². The Morgan fingerprint density at radius 2 is 2.11 bits per heavy atom. The fourth-order valence-electron chi connectivity index (χ4n) is 1.91. The van der Waals surface area contributed by atoms with E-state index in [0.717, 1.165) is 16.5 Å². The molecule has 98 valence electrons. The third-order valence-corrected chi connectivity index (χ3v) is 2.73. The molecule has 2 rings (SSSR count). The predicted molar refractivity (Wildman–Crippen MR) is 70.6 cm³/mol. The number of carbonyl (C=O) groups excluding carboxylic acids is 1. The van der Waals surface area contributed by atoms with Gasteiger partial charge in [0.2, 0.25) is 0 Å². The highest BCUT2D eigenvalue weighted by Gasteiger charge is 2.08. The van der Waals surface area contributed by atoms with Gasteiger partial charge in [0.25, 0.3) is 0 Å². The number of rotatable bonds is 4. The van der Waals surface area contributed by atoms with Gasteiger partial charge < -0.3 is 14.4 Å². The van der Waals surface area contributed by atoms with Crippen molar-refractivity contribution in [1.82, 2.24) is 4.57 Å². The number of esters is 1. The van der Waals surface area contributed by atoms with E-state index in [-0.39, 0.29) is 6.54 Å². The van der Waals surface area contributed by atoms with Crippen molar-refractivity contribution in [1.29, 1.82) is 0 Å². The SMILES string of the molecule is COC(=O)C=Cc1cn(CC(=O)O)c2ccccc12. The average Bonchev–Trinajstić information content (AvgIpc) is 2.74. The third kappa shape index (κ3) is 2.82. The number of ether oxygens (including phenoxy) is 1. The van der Waals surface area contributed by atoms with Crippen molar-refractivity contribution >= 4 is 28.9 Å². The van der Waals surface area contributed by atoms with Crippen LogP contribution in [0.5, 0.6) is 0 Å². The Bertz CT molecular complexity index is 655.